The molecule has 24 heavy (non-hydrogen) atoms. The Balaban J connectivity index is 2.69. The zero-order valence-corrected chi connectivity index (χ0v) is 15.7. The van der Waals surface area contributed by atoms with Gasteiger partial charge in [0.25, 0.3) is 0 Å². The van der Waals surface area contributed by atoms with Crippen molar-refractivity contribution in [3.63, 3.8) is 0 Å². The maximum absolute atomic E-state index is 11.6. The third-order valence-corrected chi connectivity index (χ3v) is 3.94. The Morgan fingerprint density at radius 2 is 1.62 bits per heavy atom. The van der Waals surface area contributed by atoms with Gasteiger partial charge in [-0.2, -0.15) is 0 Å². The lowest BCUT2D eigenvalue weighted by molar-refractivity contribution is -0.119. The van der Waals surface area contributed by atoms with Crippen molar-refractivity contribution in [2.24, 2.45) is 4.99 Å². The molecule has 0 fully saturated rings. The number of likely N-dealkylation sites (N-methyl/N-ethyl adjacent to an activating group) is 1. The second-order valence-electron chi connectivity index (χ2n) is 6.44. The fraction of sp³-hybridized carbons (Fsp3) is 0.579. The van der Waals surface area contributed by atoms with Crippen LogP contribution in [0.15, 0.2) is 29.3 Å². The van der Waals surface area contributed by atoms with Gasteiger partial charge in [0.2, 0.25) is 5.91 Å². The molecule has 3 N–H and O–H groups in total. The van der Waals surface area contributed by atoms with Gasteiger partial charge in [-0.15, -0.1) is 0 Å². The number of aryl methyl sites for hydroxylation is 1. The second-order valence-corrected chi connectivity index (χ2v) is 6.44. The number of carbonyl (C=O) groups is 1. The number of nitrogens with zero attached hydrogens (tertiary/aromatic N) is 1. The first-order valence-corrected chi connectivity index (χ1v) is 8.81. The highest BCUT2D eigenvalue weighted by molar-refractivity contribution is 5.84. The largest absolute Gasteiger partial charge is 0.357 e. The lowest BCUT2D eigenvalue weighted by Crippen LogP contribution is -2.44. The first kappa shape index (κ1) is 20.0. The molecular formula is C19H32N4O. The van der Waals surface area contributed by atoms with Crippen molar-refractivity contribution in [2.45, 2.75) is 46.5 Å². The number of amides is 1. The summed E-state index contributed by atoms with van der Waals surface area (Å²) in [5, 5.41) is 9.28. The van der Waals surface area contributed by atoms with Crippen LogP contribution in [0.2, 0.25) is 0 Å². The van der Waals surface area contributed by atoms with E-state index < -0.39 is 0 Å². The van der Waals surface area contributed by atoms with Gasteiger partial charge in [-0.25, -0.2) is 4.99 Å². The first-order chi connectivity index (χ1) is 11.4. The van der Waals surface area contributed by atoms with Crippen molar-refractivity contribution in [1.82, 2.24) is 16.0 Å². The van der Waals surface area contributed by atoms with Gasteiger partial charge in [0.15, 0.2) is 5.96 Å². The molecule has 0 aliphatic rings. The lowest BCUT2D eigenvalue weighted by atomic mass is 9.84. The molecule has 0 aliphatic carbocycles. The minimum atomic E-state index is -0.0656. The van der Waals surface area contributed by atoms with Crippen molar-refractivity contribution < 1.29 is 4.79 Å². The highest BCUT2D eigenvalue weighted by Gasteiger charge is 2.20. The van der Waals surface area contributed by atoms with Crippen LogP contribution in [0.5, 0.6) is 0 Å². The van der Waals surface area contributed by atoms with Crippen LogP contribution in [0.1, 0.15) is 45.7 Å². The summed E-state index contributed by atoms with van der Waals surface area (Å²) < 4.78 is 0. The molecule has 0 saturated heterocycles. The molecule has 0 unspecified atom stereocenters. The molecule has 5 heteroatoms. The molecule has 0 aliphatic heterocycles. The van der Waals surface area contributed by atoms with Gasteiger partial charge < -0.3 is 16.0 Å². The number of hydrogen-bond acceptors (Lipinski definition) is 2. The van der Waals surface area contributed by atoms with E-state index in [1.807, 2.05) is 13.8 Å². The van der Waals surface area contributed by atoms with Gasteiger partial charge >= 0.3 is 0 Å². The molecule has 1 amide bonds. The molecule has 0 aromatic heterocycles. The second kappa shape index (κ2) is 9.96. The lowest BCUT2D eigenvalue weighted by Gasteiger charge is -2.27. The van der Waals surface area contributed by atoms with Crippen LogP contribution < -0.4 is 16.0 Å². The van der Waals surface area contributed by atoms with E-state index in [4.69, 9.17) is 0 Å². The highest BCUT2D eigenvalue weighted by Crippen LogP contribution is 2.22. The number of hydrogen-bond donors (Lipinski definition) is 3. The van der Waals surface area contributed by atoms with E-state index in [0.29, 0.717) is 12.5 Å². The fourth-order valence-corrected chi connectivity index (χ4v) is 2.34. The molecule has 1 aromatic carbocycles. The minimum absolute atomic E-state index is 0.0336. The van der Waals surface area contributed by atoms with Gasteiger partial charge in [-0.3, -0.25) is 4.79 Å². The predicted octanol–water partition coefficient (Wildman–Crippen LogP) is 2.22. The summed E-state index contributed by atoms with van der Waals surface area (Å²) in [6.07, 6.45) is 1.05. The van der Waals surface area contributed by atoms with Crippen LogP contribution in [-0.2, 0) is 16.6 Å². The van der Waals surface area contributed by atoms with Crippen LogP contribution >= 0.6 is 0 Å². The summed E-state index contributed by atoms with van der Waals surface area (Å²) >= 11 is 0. The van der Waals surface area contributed by atoms with Gasteiger partial charge in [-0.05, 0) is 31.4 Å². The normalized spacial score (nSPS) is 12.0. The van der Waals surface area contributed by atoms with Gasteiger partial charge in [0, 0.05) is 25.0 Å². The summed E-state index contributed by atoms with van der Waals surface area (Å²) in [5.41, 5.74) is 2.60. The average molecular weight is 332 g/mol. The van der Waals surface area contributed by atoms with Crippen molar-refractivity contribution in [3.8, 4) is 0 Å². The van der Waals surface area contributed by atoms with Crippen LogP contribution in [0.25, 0.3) is 0 Å². The van der Waals surface area contributed by atoms with Crippen LogP contribution in [0.4, 0.5) is 0 Å². The summed E-state index contributed by atoms with van der Waals surface area (Å²) in [4.78, 5) is 15.9. The molecule has 0 bridgehead atoms. The van der Waals surface area contributed by atoms with Crippen LogP contribution in [-0.4, -0.2) is 38.0 Å². The smallest absolute Gasteiger partial charge is 0.241 e. The number of benzene rings is 1. The number of rotatable bonds is 8. The molecule has 5 nitrogen and oxygen atoms in total. The zero-order chi connectivity index (χ0) is 18.0. The van der Waals surface area contributed by atoms with Crippen molar-refractivity contribution >= 4 is 11.9 Å². The Kier molecular flexibility index (Phi) is 8.30. The SMILES string of the molecule is CCNC(=O)CN=C(NCC)NCC(C)(C)c1ccc(CC)cc1. The molecule has 1 rings (SSSR count). The fourth-order valence-electron chi connectivity index (χ4n) is 2.34. The molecule has 0 radical (unpaired) electrons. The Bertz CT molecular complexity index is 535. The van der Waals surface area contributed by atoms with E-state index in [2.05, 4.69) is 66.0 Å². The van der Waals surface area contributed by atoms with Gasteiger partial charge in [0.1, 0.15) is 6.54 Å². The van der Waals surface area contributed by atoms with E-state index in [-0.39, 0.29) is 17.9 Å². The minimum Gasteiger partial charge on any atom is -0.357 e. The summed E-state index contributed by atoms with van der Waals surface area (Å²) in [5.74, 6) is 0.603. The van der Waals surface area contributed by atoms with E-state index in [9.17, 15) is 4.79 Å². The van der Waals surface area contributed by atoms with Crippen molar-refractivity contribution in [2.75, 3.05) is 26.2 Å². The summed E-state index contributed by atoms with van der Waals surface area (Å²) in [7, 11) is 0. The quantitative estimate of drug-likeness (QED) is 0.505. The predicted molar refractivity (Wildman–Crippen MR) is 102 cm³/mol. The molecule has 0 spiro atoms. The Morgan fingerprint density at radius 1 is 1.00 bits per heavy atom. The summed E-state index contributed by atoms with van der Waals surface area (Å²) in [6, 6.07) is 8.76. The van der Waals surface area contributed by atoms with Crippen LogP contribution in [0.3, 0.4) is 0 Å². The number of aliphatic imine (C=N–C) groups is 1. The summed E-state index contributed by atoms with van der Waals surface area (Å²) in [6.45, 7) is 12.7. The highest BCUT2D eigenvalue weighted by atomic mass is 16.1. The third-order valence-electron chi connectivity index (χ3n) is 3.94. The zero-order valence-electron chi connectivity index (χ0n) is 15.7. The standard InChI is InChI=1S/C19H32N4O/c1-6-15-9-11-16(12-10-15)19(4,5)14-23-18(21-8-3)22-13-17(24)20-7-2/h9-12H,6-8,13-14H2,1-5H3,(H,20,24)(H2,21,22,23). The van der Waals surface area contributed by atoms with Gasteiger partial charge in [0.05, 0.1) is 0 Å². The first-order valence-electron chi connectivity index (χ1n) is 8.81. The van der Waals surface area contributed by atoms with E-state index >= 15 is 0 Å². The number of nitrogens with one attached hydrogen (secondary N) is 3. The van der Waals surface area contributed by atoms with E-state index in [1.54, 1.807) is 0 Å². The molecule has 0 saturated carbocycles. The van der Waals surface area contributed by atoms with Gasteiger partial charge in [-0.1, -0.05) is 45.0 Å². The van der Waals surface area contributed by atoms with E-state index in [1.165, 1.54) is 11.1 Å². The molecule has 1 aromatic rings. The number of carbonyl (C=O) groups excluding carboxylic acids is 1. The topological polar surface area (TPSA) is 65.5 Å². The maximum Gasteiger partial charge on any atom is 0.241 e. The molecule has 0 atom stereocenters. The van der Waals surface area contributed by atoms with Crippen molar-refractivity contribution in [3.05, 3.63) is 35.4 Å². The number of guanidine groups is 1. The molecular weight excluding hydrogens is 300 g/mol. The van der Waals surface area contributed by atoms with Crippen LogP contribution in [0, 0.1) is 0 Å². The Labute approximate surface area is 146 Å². The Hall–Kier alpha value is -2.04. The maximum atomic E-state index is 11.6. The van der Waals surface area contributed by atoms with E-state index in [0.717, 1.165) is 19.5 Å². The molecule has 0 heterocycles. The Morgan fingerprint density at radius 3 is 2.17 bits per heavy atom. The molecule has 134 valence electrons. The average Bonchev–Trinajstić information content (AvgIpc) is 2.57. The third kappa shape index (κ3) is 6.60. The van der Waals surface area contributed by atoms with Crippen molar-refractivity contribution in [1.29, 1.82) is 0 Å². The monoisotopic (exact) mass is 332 g/mol.